The van der Waals surface area contributed by atoms with Crippen molar-refractivity contribution in [3.8, 4) is 5.75 Å². The summed E-state index contributed by atoms with van der Waals surface area (Å²) in [6.07, 6.45) is 0. The number of benzene rings is 1. The van der Waals surface area contributed by atoms with Crippen LogP contribution in [0, 0.1) is 0 Å². The van der Waals surface area contributed by atoms with Gasteiger partial charge in [0.15, 0.2) is 6.61 Å². The first-order valence-electron chi connectivity index (χ1n) is 6.58. The number of rotatable bonds is 4. The molecule has 1 amide bonds. The molecule has 2 aromatic rings. The van der Waals surface area contributed by atoms with Gasteiger partial charge >= 0.3 is 0 Å². The molecule has 0 unspecified atom stereocenters. The zero-order chi connectivity index (χ0) is 15.7. The highest BCUT2D eigenvalue weighted by atomic mass is 32.2. The number of amides is 1. The number of thiophene rings is 1. The summed E-state index contributed by atoms with van der Waals surface area (Å²) in [5.74, 6) is 0.355. The van der Waals surface area contributed by atoms with E-state index in [4.69, 9.17) is 4.74 Å². The van der Waals surface area contributed by atoms with Gasteiger partial charge in [0.1, 0.15) is 9.96 Å². The van der Waals surface area contributed by atoms with E-state index in [0.29, 0.717) is 11.4 Å². The molecular weight excluding hydrogens is 324 g/mol. The van der Waals surface area contributed by atoms with E-state index in [1.807, 2.05) is 0 Å². The van der Waals surface area contributed by atoms with Gasteiger partial charge in [-0.25, -0.2) is 13.1 Å². The van der Waals surface area contributed by atoms with Gasteiger partial charge in [0.05, 0.1) is 5.69 Å². The summed E-state index contributed by atoms with van der Waals surface area (Å²) in [6, 6.07) is 8.03. The second-order valence-corrected chi connectivity index (χ2v) is 7.76. The fourth-order valence-corrected chi connectivity index (χ4v) is 4.39. The van der Waals surface area contributed by atoms with Gasteiger partial charge in [-0.1, -0.05) is 12.1 Å². The van der Waals surface area contributed by atoms with Gasteiger partial charge in [-0.2, -0.15) is 0 Å². The molecule has 0 bridgehead atoms. The lowest BCUT2D eigenvalue weighted by Gasteiger charge is -2.20. The maximum atomic E-state index is 12.2. The Hall–Kier alpha value is -1.90. The third kappa shape index (κ3) is 2.99. The Morgan fingerprint density at radius 3 is 2.91 bits per heavy atom. The summed E-state index contributed by atoms with van der Waals surface area (Å²) >= 11 is 1.16. The quantitative estimate of drug-likeness (QED) is 0.894. The van der Waals surface area contributed by atoms with Gasteiger partial charge in [-0.05, 0) is 36.1 Å². The van der Waals surface area contributed by atoms with Crippen molar-refractivity contribution in [3.63, 3.8) is 0 Å². The van der Waals surface area contributed by atoms with E-state index in [1.54, 1.807) is 42.6 Å². The fourth-order valence-electron chi connectivity index (χ4n) is 2.15. The molecule has 0 radical (unpaired) electrons. The normalized spacial score (nSPS) is 15.6. The minimum Gasteiger partial charge on any atom is -0.482 e. The third-order valence-corrected chi connectivity index (χ3v) is 6.17. The third-order valence-electron chi connectivity index (χ3n) is 3.23. The number of hydrogen-bond acceptors (Lipinski definition) is 5. The first-order chi connectivity index (χ1) is 10.5. The van der Waals surface area contributed by atoms with Crippen LogP contribution in [0.4, 0.5) is 5.69 Å². The molecule has 3 rings (SSSR count). The molecule has 116 valence electrons. The molecule has 1 aliphatic rings. The summed E-state index contributed by atoms with van der Waals surface area (Å²) in [6.45, 7) is 1.74. The van der Waals surface area contributed by atoms with Crippen LogP contribution in [0.2, 0.25) is 0 Å². The number of nitrogens with one attached hydrogen (secondary N) is 2. The zero-order valence-corrected chi connectivity index (χ0v) is 13.3. The highest BCUT2D eigenvalue weighted by Crippen LogP contribution is 2.31. The lowest BCUT2D eigenvalue weighted by atomic mass is 10.1. The van der Waals surface area contributed by atoms with Gasteiger partial charge in [0.25, 0.3) is 15.9 Å². The van der Waals surface area contributed by atoms with E-state index in [2.05, 4.69) is 10.0 Å². The van der Waals surface area contributed by atoms with Gasteiger partial charge < -0.3 is 10.1 Å². The first-order valence-corrected chi connectivity index (χ1v) is 8.94. The van der Waals surface area contributed by atoms with Crippen LogP contribution < -0.4 is 14.8 Å². The Morgan fingerprint density at radius 1 is 1.36 bits per heavy atom. The molecule has 0 aliphatic carbocycles. The average molecular weight is 338 g/mol. The van der Waals surface area contributed by atoms with Crippen molar-refractivity contribution < 1.29 is 17.9 Å². The van der Waals surface area contributed by atoms with Crippen LogP contribution in [0.1, 0.15) is 18.5 Å². The highest BCUT2D eigenvalue weighted by molar-refractivity contribution is 7.91. The van der Waals surface area contributed by atoms with Crippen molar-refractivity contribution in [3.05, 3.63) is 41.3 Å². The summed E-state index contributed by atoms with van der Waals surface area (Å²) in [7, 11) is -3.55. The maximum absolute atomic E-state index is 12.2. The number of hydrogen-bond donors (Lipinski definition) is 2. The predicted molar refractivity (Wildman–Crippen MR) is 83.6 cm³/mol. The minimum atomic E-state index is -3.55. The van der Waals surface area contributed by atoms with E-state index in [-0.39, 0.29) is 16.7 Å². The topological polar surface area (TPSA) is 84.5 Å². The lowest BCUT2D eigenvalue weighted by molar-refractivity contribution is -0.118. The molecule has 2 heterocycles. The Balaban J connectivity index is 1.82. The Labute approximate surface area is 132 Å². The standard InChI is InChI=1S/C14H14N2O4S2/c1-9(16-22(18,19)14-3-2-6-21-14)10-4-5-12-11(7-10)15-13(17)8-20-12/h2-7,9,16H,8H2,1H3,(H,15,17)/t9-/m1/s1. The number of fused-ring (bicyclic) bond motifs is 1. The summed E-state index contributed by atoms with van der Waals surface area (Å²) in [4.78, 5) is 11.3. The molecule has 1 aromatic heterocycles. The van der Waals surface area contributed by atoms with Gasteiger partial charge in [-0.15, -0.1) is 11.3 Å². The van der Waals surface area contributed by atoms with Crippen molar-refractivity contribution in [2.45, 2.75) is 17.2 Å². The van der Waals surface area contributed by atoms with Crippen LogP contribution in [0.3, 0.4) is 0 Å². The number of carbonyl (C=O) groups excluding carboxylic acids is 1. The van der Waals surface area contributed by atoms with Crippen LogP contribution >= 0.6 is 11.3 Å². The van der Waals surface area contributed by atoms with E-state index in [9.17, 15) is 13.2 Å². The van der Waals surface area contributed by atoms with Gasteiger partial charge in [0, 0.05) is 6.04 Å². The lowest BCUT2D eigenvalue weighted by Crippen LogP contribution is -2.27. The summed E-state index contributed by atoms with van der Waals surface area (Å²) in [5, 5.41) is 4.42. The fraction of sp³-hybridized carbons (Fsp3) is 0.214. The highest BCUT2D eigenvalue weighted by Gasteiger charge is 2.21. The number of ether oxygens (including phenoxy) is 1. The van der Waals surface area contributed by atoms with Crippen molar-refractivity contribution >= 4 is 33.0 Å². The molecule has 0 spiro atoms. The Bertz CT molecular complexity index is 800. The van der Waals surface area contributed by atoms with Crippen LogP contribution in [0.25, 0.3) is 0 Å². The largest absolute Gasteiger partial charge is 0.482 e. The average Bonchev–Trinajstić information content (AvgIpc) is 3.01. The molecule has 1 aliphatic heterocycles. The van der Waals surface area contributed by atoms with Crippen LogP contribution in [0.5, 0.6) is 5.75 Å². The molecule has 1 aromatic carbocycles. The number of carbonyl (C=O) groups is 1. The molecule has 2 N–H and O–H groups in total. The Kier molecular flexibility index (Phi) is 3.90. The molecule has 22 heavy (non-hydrogen) atoms. The summed E-state index contributed by atoms with van der Waals surface area (Å²) in [5.41, 5.74) is 1.29. The van der Waals surface area contributed by atoms with Gasteiger partial charge in [0.2, 0.25) is 0 Å². The molecule has 0 fully saturated rings. The van der Waals surface area contributed by atoms with E-state index >= 15 is 0 Å². The minimum absolute atomic E-state index is 0.00704. The molecule has 8 heteroatoms. The number of anilines is 1. The van der Waals surface area contributed by atoms with Crippen LogP contribution in [0.15, 0.2) is 39.9 Å². The molecular formula is C14H14N2O4S2. The maximum Gasteiger partial charge on any atom is 0.262 e. The van der Waals surface area contributed by atoms with E-state index in [0.717, 1.165) is 16.9 Å². The molecule has 0 saturated heterocycles. The monoisotopic (exact) mass is 338 g/mol. The molecule has 6 nitrogen and oxygen atoms in total. The SMILES string of the molecule is C[C@@H](NS(=O)(=O)c1cccs1)c1ccc2c(c1)NC(=O)CO2. The molecule has 0 saturated carbocycles. The Morgan fingerprint density at radius 2 is 2.18 bits per heavy atom. The van der Waals surface area contributed by atoms with Crippen molar-refractivity contribution in [2.24, 2.45) is 0 Å². The smallest absolute Gasteiger partial charge is 0.262 e. The van der Waals surface area contributed by atoms with E-state index < -0.39 is 16.1 Å². The van der Waals surface area contributed by atoms with Crippen LogP contribution in [-0.2, 0) is 14.8 Å². The first kappa shape index (κ1) is 15.0. The predicted octanol–water partition coefficient (Wildman–Crippen LogP) is 2.12. The van der Waals surface area contributed by atoms with Crippen molar-refractivity contribution in [2.75, 3.05) is 11.9 Å². The number of sulfonamides is 1. The van der Waals surface area contributed by atoms with Crippen molar-refractivity contribution in [1.29, 1.82) is 0 Å². The van der Waals surface area contributed by atoms with E-state index in [1.165, 1.54) is 0 Å². The van der Waals surface area contributed by atoms with Crippen molar-refractivity contribution in [1.82, 2.24) is 4.72 Å². The van der Waals surface area contributed by atoms with Gasteiger partial charge in [-0.3, -0.25) is 4.79 Å². The second kappa shape index (κ2) is 5.71. The second-order valence-electron chi connectivity index (χ2n) is 4.87. The zero-order valence-electron chi connectivity index (χ0n) is 11.7. The molecule has 1 atom stereocenters. The summed E-state index contributed by atoms with van der Waals surface area (Å²) < 4.78 is 32.6. The van der Waals surface area contributed by atoms with Crippen LogP contribution in [-0.4, -0.2) is 20.9 Å².